The Balaban J connectivity index is 2.23. The lowest BCUT2D eigenvalue weighted by atomic mass is 10.1. The van der Waals surface area contributed by atoms with Gasteiger partial charge in [0.25, 0.3) is 0 Å². The highest BCUT2D eigenvalue weighted by Gasteiger charge is 2.08. The quantitative estimate of drug-likeness (QED) is 0.808. The maximum Gasteiger partial charge on any atom is 0.123 e. The van der Waals surface area contributed by atoms with Gasteiger partial charge >= 0.3 is 0 Å². The number of rotatable bonds is 4. The number of benzene rings is 2. The van der Waals surface area contributed by atoms with Crippen molar-refractivity contribution < 1.29 is 17.5 Å². The average molecular weight is 293 g/mol. The van der Waals surface area contributed by atoms with Gasteiger partial charge in [-0.2, -0.15) is 0 Å². The van der Waals surface area contributed by atoms with E-state index in [0.29, 0.717) is 11.1 Å². The molecule has 2 nitrogen and oxygen atoms in total. The van der Waals surface area contributed by atoms with Gasteiger partial charge in [-0.15, -0.1) is 0 Å². The zero-order valence-corrected chi connectivity index (χ0v) is 11.1. The van der Waals surface area contributed by atoms with E-state index in [1.807, 2.05) is 0 Å². The highest BCUT2D eigenvalue weighted by molar-refractivity contribution is 7.79. The number of hydrogen-bond donors (Lipinski definition) is 0. The van der Waals surface area contributed by atoms with Crippen molar-refractivity contribution in [3.8, 4) is 0 Å². The molecule has 0 aliphatic carbocycles. The first-order valence-corrected chi connectivity index (χ1v) is 6.97. The first kappa shape index (κ1) is 14.6. The summed E-state index contributed by atoms with van der Waals surface area (Å²) in [7, 11) is 0. The summed E-state index contributed by atoms with van der Waals surface area (Å²) in [5.74, 6) is -0.781. The van der Waals surface area contributed by atoms with E-state index >= 15 is 0 Å². The molecule has 0 saturated heterocycles. The fourth-order valence-electron chi connectivity index (χ4n) is 1.71. The van der Waals surface area contributed by atoms with Crippen molar-refractivity contribution in [3.05, 3.63) is 77.4 Å². The van der Waals surface area contributed by atoms with Crippen molar-refractivity contribution in [2.75, 3.05) is 0 Å². The lowest BCUT2D eigenvalue weighted by Crippen LogP contribution is -2.02. The molecule has 0 saturated carbocycles. The molecule has 0 aliphatic rings. The second-order valence-electron chi connectivity index (χ2n) is 4.14. The predicted octanol–water partition coefficient (Wildman–Crippen LogP) is 3.60. The molecule has 2 aromatic carbocycles. The fraction of sp³-hybridized carbons (Fsp3) is 0.0667. The van der Waals surface area contributed by atoms with Gasteiger partial charge < -0.3 is 4.55 Å². The van der Waals surface area contributed by atoms with Gasteiger partial charge in [-0.3, -0.25) is 4.21 Å². The summed E-state index contributed by atoms with van der Waals surface area (Å²) in [6.45, 7) is 0. The summed E-state index contributed by atoms with van der Waals surface area (Å²) in [5, 5.41) is -0.874. The molecule has 0 aromatic heterocycles. The second-order valence-corrected chi connectivity index (χ2v) is 5.17. The molecule has 0 amide bonds. The summed E-state index contributed by atoms with van der Waals surface area (Å²) in [6, 6.07) is 10.9. The van der Waals surface area contributed by atoms with E-state index in [0.717, 1.165) is 0 Å². The first-order valence-electron chi connectivity index (χ1n) is 5.83. The molecule has 0 fully saturated rings. The van der Waals surface area contributed by atoms with Gasteiger partial charge in [0.2, 0.25) is 0 Å². The second kappa shape index (κ2) is 6.54. The van der Waals surface area contributed by atoms with Gasteiger partial charge in [0.05, 0.1) is 5.25 Å². The molecule has 0 heterocycles. The van der Waals surface area contributed by atoms with Crippen LogP contribution in [0.25, 0.3) is 6.08 Å². The molecule has 0 N–H and O–H groups in total. The van der Waals surface area contributed by atoms with Crippen molar-refractivity contribution in [1.82, 2.24) is 0 Å². The summed E-state index contributed by atoms with van der Waals surface area (Å²) < 4.78 is 48.1. The van der Waals surface area contributed by atoms with Crippen molar-refractivity contribution in [3.63, 3.8) is 0 Å². The maximum atomic E-state index is 12.8. The highest BCUT2D eigenvalue weighted by Crippen LogP contribution is 2.22. The van der Waals surface area contributed by atoms with Crippen LogP contribution in [0.5, 0.6) is 0 Å². The Morgan fingerprint density at radius 1 is 0.950 bits per heavy atom. The van der Waals surface area contributed by atoms with Crippen molar-refractivity contribution in [1.29, 1.82) is 0 Å². The standard InChI is InChI=1S/C15H12F2O2S/c16-13-6-1-11(2-7-13)3-10-15(20(18)19)12-4-8-14(17)9-5-12/h1-10,15H,(H,18,19)/p-1. The smallest absolute Gasteiger partial charge is 0.123 e. The molecule has 5 heteroatoms. The Morgan fingerprint density at radius 2 is 1.45 bits per heavy atom. The summed E-state index contributed by atoms with van der Waals surface area (Å²) >= 11 is -2.37. The lowest BCUT2D eigenvalue weighted by Gasteiger charge is -2.16. The first-order chi connectivity index (χ1) is 9.56. The Bertz CT molecular complexity index is 621. The summed E-state index contributed by atoms with van der Waals surface area (Å²) in [5.41, 5.74) is 1.15. The third-order valence-corrected chi connectivity index (χ3v) is 3.58. The largest absolute Gasteiger partial charge is 0.772 e. The van der Waals surface area contributed by atoms with Crippen LogP contribution in [-0.4, -0.2) is 8.76 Å². The van der Waals surface area contributed by atoms with Crippen LogP contribution in [0.2, 0.25) is 0 Å². The molecule has 2 rings (SSSR count). The zero-order valence-electron chi connectivity index (χ0n) is 10.3. The minimum absolute atomic E-state index is 0.357. The monoisotopic (exact) mass is 293 g/mol. The molecule has 2 unspecified atom stereocenters. The average Bonchev–Trinajstić information content (AvgIpc) is 2.43. The van der Waals surface area contributed by atoms with Crippen molar-refractivity contribution in [2.24, 2.45) is 0 Å². The number of hydrogen-bond acceptors (Lipinski definition) is 2. The molecule has 2 atom stereocenters. The minimum atomic E-state index is -2.37. The lowest BCUT2D eigenvalue weighted by molar-refractivity contribution is 0.531. The maximum absolute atomic E-state index is 12.8. The Labute approximate surface area is 118 Å². The molecule has 0 aliphatic heterocycles. The van der Waals surface area contributed by atoms with E-state index in [9.17, 15) is 17.5 Å². The molecule has 104 valence electrons. The van der Waals surface area contributed by atoms with Gasteiger partial charge in [0.1, 0.15) is 11.6 Å². The van der Waals surface area contributed by atoms with Crippen LogP contribution in [0.15, 0.2) is 54.6 Å². The summed E-state index contributed by atoms with van der Waals surface area (Å²) in [6.07, 6.45) is 3.06. The highest BCUT2D eigenvalue weighted by atomic mass is 32.2. The van der Waals surface area contributed by atoms with Gasteiger partial charge in [0.15, 0.2) is 0 Å². The SMILES string of the molecule is O=S([O-])C(C=Cc1ccc(F)cc1)c1ccc(F)cc1. The van der Waals surface area contributed by atoms with Crippen molar-refractivity contribution >= 4 is 17.2 Å². The molecule has 0 spiro atoms. The Kier molecular flexibility index (Phi) is 4.76. The molecule has 20 heavy (non-hydrogen) atoms. The Morgan fingerprint density at radius 3 is 1.95 bits per heavy atom. The molecular weight excluding hydrogens is 282 g/mol. The fourth-order valence-corrected chi connectivity index (χ4v) is 2.30. The van der Waals surface area contributed by atoms with E-state index < -0.39 is 22.1 Å². The van der Waals surface area contributed by atoms with Crippen LogP contribution in [0, 0.1) is 11.6 Å². The molecule has 0 bridgehead atoms. The van der Waals surface area contributed by atoms with E-state index in [-0.39, 0.29) is 5.82 Å². The molecular formula is C15H11F2O2S-. The third kappa shape index (κ3) is 3.82. The van der Waals surface area contributed by atoms with Crippen molar-refractivity contribution in [2.45, 2.75) is 5.25 Å². The predicted molar refractivity (Wildman–Crippen MR) is 73.5 cm³/mol. The van der Waals surface area contributed by atoms with Crippen LogP contribution >= 0.6 is 0 Å². The minimum Gasteiger partial charge on any atom is -0.772 e. The van der Waals surface area contributed by atoms with Crippen LogP contribution in [0.3, 0.4) is 0 Å². The molecule has 0 radical (unpaired) electrons. The van der Waals surface area contributed by atoms with E-state index in [1.54, 1.807) is 18.2 Å². The van der Waals surface area contributed by atoms with Gasteiger partial charge in [-0.25, -0.2) is 8.78 Å². The van der Waals surface area contributed by atoms with Gasteiger partial charge in [-0.1, -0.05) is 36.4 Å². The van der Waals surface area contributed by atoms with E-state index in [1.165, 1.54) is 42.5 Å². The van der Waals surface area contributed by atoms with Crippen LogP contribution in [0.4, 0.5) is 8.78 Å². The molecule has 2 aromatic rings. The van der Waals surface area contributed by atoms with Gasteiger partial charge in [0, 0.05) is 0 Å². The number of halogens is 2. The normalized spacial score (nSPS) is 14.3. The van der Waals surface area contributed by atoms with Gasteiger partial charge in [-0.05, 0) is 46.5 Å². The Hall–Kier alpha value is -1.85. The van der Waals surface area contributed by atoms with Crippen LogP contribution in [0.1, 0.15) is 16.4 Å². The van der Waals surface area contributed by atoms with Crippen LogP contribution in [-0.2, 0) is 11.1 Å². The topological polar surface area (TPSA) is 40.1 Å². The van der Waals surface area contributed by atoms with Crippen LogP contribution < -0.4 is 0 Å². The zero-order chi connectivity index (χ0) is 14.5. The summed E-state index contributed by atoms with van der Waals surface area (Å²) in [4.78, 5) is 0. The van der Waals surface area contributed by atoms with E-state index in [4.69, 9.17) is 0 Å². The third-order valence-electron chi connectivity index (χ3n) is 2.74. The van der Waals surface area contributed by atoms with E-state index in [2.05, 4.69) is 0 Å².